The van der Waals surface area contributed by atoms with Gasteiger partial charge in [0.05, 0.1) is 12.0 Å². The van der Waals surface area contributed by atoms with E-state index in [0.717, 1.165) is 10.7 Å². The number of anilines is 2. The van der Waals surface area contributed by atoms with Gasteiger partial charge in [0.2, 0.25) is 0 Å². The van der Waals surface area contributed by atoms with E-state index in [1.54, 1.807) is 36.8 Å². The lowest BCUT2D eigenvalue weighted by atomic mass is 10.2. The van der Waals surface area contributed by atoms with Crippen molar-refractivity contribution in [3.05, 3.63) is 43.0 Å². The van der Waals surface area contributed by atoms with Gasteiger partial charge in [0, 0.05) is 44.8 Å². The molecule has 1 aromatic carbocycles. The first-order valence-electron chi connectivity index (χ1n) is 8.13. The minimum Gasteiger partial charge on any atom is -0.335 e. The Kier molecular flexibility index (Phi) is 6.58. The largest absolute Gasteiger partial charge is 0.335 e. The molecule has 10 heteroatoms. The quantitative estimate of drug-likeness (QED) is 0.648. The molecule has 26 heavy (non-hydrogen) atoms. The molecule has 1 heterocycles. The summed E-state index contributed by atoms with van der Waals surface area (Å²) in [5.74, 6) is 0. The highest BCUT2D eigenvalue weighted by atomic mass is 32.2. The van der Waals surface area contributed by atoms with E-state index in [1.807, 2.05) is 17.7 Å². The van der Waals surface area contributed by atoms with Crippen molar-refractivity contribution in [3.63, 3.8) is 0 Å². The summed E-state index contributed by atoms with van der Waals surface area (Å²) in [7, 11) is -0.735. The Labute approximate surface area is 153 Å². The lowest BCUT2D eigenvalue weighted by molar-refractivity contribution is 0.246. The summed E-state index contributed by atoms with van der Waals surface area (Å²) >= 11 is 0. The predicted molar refractivity (Wildman–Crippen MR) is 101 cm³/mol. The van der Waals surface area contributed by atoms with E-state index in [2.05, 4.69) is 20.3 Å². The number of hydrogen-bond donors (Lipinski definition) is 3. The van der Waals surface area contributed by atoms with Gasteiger partial charge in [0.25, 0.3) is 0 Å². The Morgan fingerprint density at radius 2 is 2.04 bits per heavy atom. The highest BCUT2D eigenvalue weighted by Crippen LogP contribution is 2.17. The van der Waals surface area contributed by atoms with Crippen molar-refractivity contribution < 1.29 is 13.2 Å². The maximum atomic E-state index is 12.2. The Balaban J connectivity index is 1.97. The molecule has 9 nitrogen and oxygen atoms in total. The van der Waals surface area contributed by atoms with Crippen LogP contribution in [-0.4, -0.2) is 48.4 Å². The second-order valence-corrected chi connectivity index (χ2v) is 7.82. The molecule has 1 atom stereocenters. The maximum absolute atomic E-state index is 12.2. The lowest BCUT2D eigenvalue weighted by Crippen LogP contribution is -2.40. The second kappa shape index (κ2) is 8.68. The number of hydrogen-bond acceptors (Lipinski definition) is 4. The van der Waals surface area contributed by atoms with Gasteiger partial charge in [0.15, 0.2) is 0 Å². The first-order chi connectivity index (χ1) is 12.3. The van der Waals surface area contributed by atoms with E-state index in [1.165, 1.54) is 14.1 Å². The number of aromatic nitrogens is 2. The van der Waals surface area contributed by atoms with Crippen LogP contribution in [0, 0.1) is 0 Å². The number of rotatable bonds is 8. The Morgan fingerprint density at radius 1 is 1.31 bits per heavy atom. The molecule has 1 aromatic heterocycles. The molecule has 2 aromatic rings. The second-order valence-electron chi connectivity index (χ2n) is 5.93. The minimum atomic E-state index is -3.60. The third-order valence-electron chi connectivity index (χ3n) is 3.67. The molecule has 0 spiro atoms. The molecule has 2 amide bonds. The summed E-state index contributed by atoms with van der Waals surface area (Å²) in [4.78, 5) is 16.2. The van der Waals surface area contributed by atoms with E-state index < -0.39 is 10.2 Å². The van der Waals surface area contributed by atoms with Crippen LogP contribution < -0.4 is 15.4 Å². The Bertz CT molecular complexity index is 820. The highest BCUT2D eigenvalue weighted by molar-refractivity contribution is 7.90. The van der Waals surface area contributed by atoms with Gasteiger partial charge in [-0.2, -0.15) is 12.7 Å². The summed E-state index contributed by atoms with van der Waals surface area (Å²) in [6, 6.07) is 6.09. The normalized spacial score (nSPS) is 12.6. The van der Waals surface area contributed by atoms with E-state index in [0.29, 0.717) is 17.9 Å². The molecule has 0 aliphatic heterocycles. The number of carbonyl (C=O) groups excluding carboxylic acids is 1. The summed E-state index contributed by atoms with van der Waals surface area (Å²) in [5.41, 5.74) is 0.848. The molecule has 142 valence electrons. The first-order valence-corrected chi connectivity index (χ1v) is 9.57. The third kappa shape index (κ3) is 5.74. The van der Waals surface area contributed by atoms with Crippen molar-refractivity contribution in [2.24, 2.45) is 0 Å². The van der Waals surface area contributed by atoms with E-state index >= 15 is 0 Å². The summed E-state index contributed by atoms with van der Waals surface area (Å²) in [5, 5.41) is 5.61. The predicted octanol–water partition coefficient (Wildman–Crippen LogP) is 1.70. The van der Waals surface area contributed by atoms with E-state index in [4.69, 9.17) is 0 Å². The zero-order valence-corrected chi connectivity index (χ0v) is 15.8. The van der Waals surface area contributed by atoms with Crippen LogP contribution in [-0.2, 0) is 16.8 Å². The van der Waals surface area contributed by atoms with Gasteiger partial charge in [0.1, 0.15) is 0 Å². The van der Waals surface area contributed by atoms with E-state index in [-0.39, 0.29) is 12.1 Å². The molecule has 0 aliphatic rings. The van der Waals surface area contributed by atoms with Crippen LogP contribution >= 0.6 is 0 Å². The summed E-state index contributed by atoms with van der Waals surface area (Å²) in [6.07, 6.45) is 5.98. The molecule has 2 rings (SSSR count). The SMILES string of the molecule is CC[C@@H](Cn1ccnc1)NC(=O)Nc1cccc(NS(=O)(=O)N(C)C)c1. The molecule has 3 N–H and O–H groups in total. The molecule has 0 unspecified atom stereocenters. The number of amides is 2. The van der Waals surface area contributed by atoms with Gasteiger partial charge in [-0.15, -0.1) is 0 Å². The topological polar surface area (TPSA) is 108 Å². The molecule has 0 fully saturated rings. The number of carbonyl (C=O) groups is 1. The fraction of sp³-hybridized carbons (Fsp3) is 0.375. The van der Waals surface area contributed by atoms with Crippen molar-refractivity contribution in [3.8, 4) is 0 Å². The van der Waals surface area contributed by atoms with Crippen LogP contribution in [0.2, 0.25) is 0 Å². The fourth-order valence-corrected chi connectivity index (χ4v) is 2.79. The molecular weight excluding hydrogens is 356 g/mol. The Morgan fingerprint density at radius 3 is 2.65 bits per heavy atom. The van der Waals surface area contributed by atoms with Crippen molar-refractivity contribution in [1.82, 2.24) is 19.2 Å². The minimum absolute atomic E-state index is 0.0559. The van der Waals surface area contributed by atoms with Gasteiger partial charge in [-0.1, -0.05) is 13.0 Å². The van der Waals surface area contributed by atoms with Crippen LogP contribution in [0.5, 0.6) is 0 Å². The van der Waals surface area contributed by atoms with Crippen molar-refractivity contribution >= 4 is 27.6 Å². The molecule has 0 saturated carbocycles. The highest BCUT2D eigenvalue weighted by Gasteiger charge is 2.14. The maximum Gasteiger partial charge on any atom is 0.319 e. The molecule has 0 aliphatic carbocycles. The number of nitrogens with zero attached hydrogens (tertiary/aromatic N) is 3. The molecule has 0 radical (unpaired) electrons. The average molecular weight is 380 g/mol. The monoisotopic (exact) mass is 380 g/mol. The number of imidazole rings is 1. The van der Waals surface area contributed by atoms with Gasteiger partial charge >= 0.3 is 16.2 Å². The molecular formula is C16H24N6O3S. The summed E-state index contributed by atoms with van der Waals surface area (Å²) < 4.78 is 29.1. The van der Waals surface area contributed by atoms with Gasteiger partial charge in [-0.05, 0) is 24.6 Å². The van der Waals surface area contributed by atoms with Crippen LogP contribution in [0.15, 0.2) is 43.0 Å². The number of benzene rings is 1. The van der Waals surface area contributed by atoms with Crippen LogP contribution in [0.4, 0.5) is 16.2 Å². The molecule has 0 bridgehead atoms. The van der Waals surface area contributed by atoms with Gasteiger partial charge in [-0.25, -0.2) is 9.78 Å². The van der Waals surface area contributed by atoms with Crippen LogP contribution in [0.25, 0.3) is 0 Å². The average Bonchev–Trinajstić information content (AvgIpc) is 3.07. The zero-order valence-electron chi connectivity index (χ0n) is 15.0. The number of nitrogens with one attached hydrogen (secondary N) is 3. The zero-order chi connectivity index (χ0) is 19.2. The molecule has 0 saturated heterocycles. The van der Waals surface area contributed by atoms with Crippen molar-refractivity contribution in [2.75, 3.05) is 24.1 Å². The smallest absolute Gasteiger partial charge is 0.319 e. The van der Waals surface area contributed by atoms with Crippen molar-refractivity contribution in [2.45, 2.75) is 25.9 Å². The van der Waals surface area contributed by atoms with Gasteiger partial charge < -0.3 is 15.2 Å². The van der Waals surface area contributed by atoms with E-state index in [9.17, 15) is 13.2 Å². The standard InChI is InChI=1S/C16H24N6O3S/c1-4-13(11-22-9-8-17-12-22)18-16(23)19-14-6-5-7-15(10-14)20-26(24,25)21(2)3/h5-10,12-13,20H,4,11H2,1-3H3,(H2,18,19,23)/t13-/m0/s1. The number of urea groups is 1. The fourth-order valence-electron chi connectivity index (χ4n) is 2.18. The Hall–Kier alpha value is -2.59. The lowest BCUT2D eigenvalue weighted by Gasteiger charge is -2.18. The van der Waals surface area contributed by atoms with Crippen molar-refractivity contribution in [1.29, 1.82) is 0 Å². The first kappa shape index (κ1) is 19.7. The summed E-state index contributed by atoms with van der Waals surface area (Å²) in [6.45, 7) is 2.60. The van der Waals surface area contributed by atoms with Crippen LogP contribution in [0.1, 0.15) is 13.3 Å². The third-order valence-corrected chi connectivity index (χ3v) is 5.12. The van der Waals surface area contributed by atoms with Gasteiger partial charge in [-0.3, -0.25) is 4.72 Å². The van der Waals surface area contributed by atoms with Crippen LogP contribution in [0.3, 0.4) is 0 Å².